The second kappa shape index (κ2) is 7.87. The van der Waals surface area contributed by atoms with Crippen molar-refractivity contribution in [3.63, 3.8) is 0 Å². The standard InChI is InChI=1S/C16H17BrClFN2/c1-2-20-14(9-13-7-6-12(17)10-21-13)8-11-4-3-5-15(18)16(11)19/h3-7,10,14,20H,2,8-9H2,1H3. The van der Waals surface area contributed by atoms with Crippen molar-refractivity contribution < 1.29 is 4.39 Å². The van der Waals surface area contributed by atoms with Gasteiger partial charge in [-0.3, -0.25) is 4.98 Å². The lowest BCUT2D eigenvalue weighted by Crippen LogP contribution is -2.33. The molecule has 2 rings (SSSR count). The fourth-order valence-electron chi connectivity index (χ4n) is 2.26. The minimum atomic E-state index is -0.328. The summed E-state index contributed by atoms with van der Waals surface area (Å²) in [6.07, 6.45) is 3.10. The highest BCUT2D eigenvalue weighted by atomic mass is 79.9. The highest BCUT2D eigenvalue weighted by Crippen LogP contribution is 2.20. The number of hydrogen-bond acceptors (Lipinski definition) is 2. The maximum atomic E-state index is 14.0. The largest absolute Gasteiger partial charge is 0.314 e. The van der Waals surface area contributed by atoms with E-state index in [-0.39, 0.29) is 16.9 Å². The summed E-state index contributed by atoms with van der Waals surface area (Å²) in [6.45, 7) is 2.86. The summed E-state index contributed by atoms with van der Waals surface area (Å²) in [7, 11) is 0. The summed E-state index contributed by atoms with van der Waals surface area (Å²) in [5.74, 6) is -0.328. The van der Waals surface area contributed by atoms with Crippen LogP contribution in [0.4, 0.5) is 4.39 Å². The molecule has 1 atom stereocenters. The Morgan fingerprint density at radius 1 is 1.29 bits per heavy atom. The predicted molar refractivity (Wildman–Crippen MR) is 88.2 cm³/mol. The Balaban J connectivity index is 2.11. The van der Waals surface area contributed by atoms with Crippen LogP contribution in [0.15, 0.2) is 41.0 Å². The Bertz CT molecular complexity index is 589. The first-order valence-electron chi connectivity index (χ1n) is 6.87. The Morgan fingerprint density at radius 3 is 2.76 bits per heavy atom. The Kier molecular flexibility index (Phi) is 6.15. The van der Waals surface area contributed by atoms with Crippen molar-refractivity contribution >= 4 is 27.5 Å². The second-order valence-corrected chi connectivity index (χ2v) is 6.17. The molecular formula is C16H17BrClFN2. The van der Waals surface area contributed by atoms with E-state index < -0.39 is 0 Å². The van der Waals surface area contributed by atoms with Gasteiger partial charge in [-0.05, 0) is 52.7 Å². The predicted octanol–water partition coefficient (Wildman–Crippen LogP) is 4.40. The molecule has 0 amide bonds. The molecule has 1 heterocycles. The molecule has 0 radical (unpaired) electrons. The van der Waals surface area contributed by atoms with Crippen molar-refractivity contribution in [2.75, 3.05) is 6.54 Å². The molecule has 0 aliphatic heterocycles. The van der Waals surface area contributed by atoms with E-state index in [9.17, 15) is 4.39 Å². The molecule has 1 aromatic heterocycles. The molecule has 2 aromatic rings. The van der Waals surface area contributed by atoms with Gasteiger partial charge in [0, 0.05) is 28.8 Å². The third kappa shape index (κ3) is 4.77. The number of aromatic nitrogens is 1. The number of rotatable bonds is 6. The molecule has 1 N–H and O–H groups in total. The number of likely N-dealkylation sites (N-methyl/N-ethyl adjacent to an activating group) is 1. The molecule has 0 bridgehead atoms. The topological polar surface area (TPSA) is 24.9 Å². The molecule has 0 saturated heterocycles. The second-order valence-electron chi connectivity index (χ2n) is 4.84. The highest BCUT2D eigenvalue weighted by molar-refractivity contribution is 9.10. The zero-order chi connectivity index (χ0) is 15.2. The van der Waals surface area contributed by atoms with E-state index in [0.29, 0.717) is 12.0 Å². The number of halogens is 3. The van der Waals surface area contributed by atoms with Gasteiger partial charge in [-0.15, -0.1) is 0 Å². The van der Waals surface area contributed by atoms with Crippen LogP contribution in [0.25, 0.3) is 0 Å². The van der Waals surface area contributed by atoms with Gasteiger partial charge in [-0.2, -0.15) is 0 Å². The zero-order valence-corrected chi connectivity index (χ0v) is 14.1. The Morgan fingerprint density at radius 2 is 2.10 bits per heavy atom. The van der Waals surface area contributed by atoms with E-state index in [1.54, 1.807) is 24.4 Å². The van der Waals surface area contributed by atoms with Gasteiger partial charge < -0.3 is 5.32 Å². The van der Waals surface area contributed by atoms with Gasteiger partial charge in [-0.1, -0.05) is 30.7 Å². The summed E-state index contributed by atoms with van der Waals surface area (Å²) in [5, 5.41) is 3.55. The molecule has 0 saturated carbocycles. The monoisotopic (exact) mass is 370 g/mol. The van der Waals surface area contributed by atoms with Crippen molar-refractivity contribution in [1.29, 1.82) is 0 Å². The lowest BCUT2D eigenvalue weighted by Gasteiger charge is -2.18. The normalized spacial score (nSPS) is 12.4. The average molecular weight is 372 g/mol. The quantitative estimate of drug-likeness (QED) is 0.814. The van der Waals surface area contributed by atoms with Crippen molar-refractivity contribution in [1.82, 2.24) is 10.3 Å². The van der Waals surface area contributed by atoms with Gasteiger partial charge >= 0.3 is 0 Å². The van der Waals surface area contributed by atoms with Gasteiger partial charge in [0.05, 0.1) is 5.02 Å². The van der Waals surface area contributed by atoms with E-state index in [2.05, 4.69) is 26.2 Å². The highest BCUT2D eigenvalue weighted by Gasteiger charge is 2.14. The van der Waals surface area contributed by atoms with Crippen LogP contribution < -0.4 is 5.32 Å². The van der Waals surface area contributed by atoms with Crippen molar-refractivity contribution in [3.8, 4) is 0 Å². The van der Waals surface area contributed by atoms with E-state index in [1.165, 1.54) is 0 Å². The summed E-state index contributed by atoms with van der Waals surface area (Å²) in [5.41, 5.74) is 1.61. The summed E-state index contributed by atoms with van der Waals surface area (Å²) in [6, 6.07) is 9.19. The fourth-order valence-corrected chi connectivity index (χ4v) is 2.69. The summed E-state index contributed by atoms with van der Waals surface area (Å²) >= 11 is 9.21. The maximum Gasteiger partial charge on any atom is 0.145 e. The van der Waals surface area contributed by atoms with Crippen molar-refractivity contribution in [2.24, 2.45) is 0 Å². The van der Waals surface area contributed by atoms with Crippen LogP contribution >= 0.6 is 27.5 Å². The third-order valence-electron chi connectivity index (χ3n) is 3.23. The van der Waals surface area contributed by atoms with Crippen LogP contribution in [0.2, 0.25) is 5.02 Å². The molecule has 0 spiro atoms. The van der Waals surface area contributed by atoms with Gasteiger partial charge in [-0.25, -0.2) is 4.39 Å². The number of hydrogen-bond donors (Lipinski definition) is 1. The molecular weight excluding hydrogens is 355 g/mol. The van der Waals surface area contributed by atoms with Crippen LogP contribution in [0.5, 0.6) is 0 Å². The van der Waals surface area contributed by atoms with Crippen LogP contribution in [0.3, 0.4) is 0 Å². The Hall–Kier alpha value is -0.970. The van der Waals surface area contributed by atoms with E-state index >= 15 is 0 Å². The average Bonchev–Trinajstić information content (AvgIpc) is 2.46. The molecule has 0 fully saturated rings. The van der Waals surface area contributed by atoms with E-state index in [1.807, 2.05) is 19.1 Å². The lowest BCUT2D eigenvalue weighted by molar-refractivity contribution is 0.502. The molecule has 0 aliphatic rings. The first-order chi connectivity index (χ1) is 10.1. The van der Waals surface area contributed by atoms with Gasteiger partial charge in [0.15, 0.2) is 0 Å². The smallest absolute Gasteiger partial charge is 0.145 e. The number of pyridine rings is 1. The van der Waals surface area contributed by atoms with Gasteiger partial charge in [0.2, 0.25) is 0 Å². The minimum Gasteiger partial charge on any atom is -0.314 e. The first-order valence-corrected chi connectivity index (χ1v) is 8.04. The van der Waals surface area contributed by atoms with Crippen LogP contribution in [-0.4, -0.2) is 17.6 Å². The van der Waals surface area contributed by atoms with Crippen LogP contribution in [0.1, 0.15) is 18.2 Å². The van der Waals surface area contributed by atoms with Crippen LogP contribution in [-0.2, 0) is 12.8 Å². The summed E-state index contributed by atoms with van der Waals surface area (Å²) in [4.78, 5) is 4.38. The minimum absolute atomic E-state index is 0.122. The lowest BCUT2D eigenvalue weighted by atomic mass is 10.0. The van der Waals surface area contributed by atoms with Crippen LogP contribution in [0, 0.1) is 5.82 Å². The number of nitrogens with zero attached hydrogens (tertiary/aromatic N) is 1. The molecule has 5 heteroatoms. The van der Waals surface area contributed by atoms with Crippen molar-refractivity contribution in [3.05, 3.63) is 63.1 Å². The van der Waals surface area contributed by atoms with Gasteiger partial charge in [0.1, 0.15) is 5.82 Å². The van der Waals surface area contributed by atoms with Crippen molar-refractivity contribution in [2.45, 2.75) is 25.8 Å². The number of benzene rings is 1. The molecule has 112 valence electrons. The molecule has 21 heavy (non-hydrogen) atoms. The zero-order valence-electron chi connectivity index (χ0n) is 11.7. The third-order valence-corrected chi connectivity index (χ3v) is 4.00. The summed E-state index contributed by atoms with van der Waals surface area (Å²) < 4.78 is 15.0. The molecule has 1 aromatic carbocycles. The van der Waals surface area contributed by atoms with E-state index in [0.717, 1.165) is 23.1 Å². The van der Waals surface area contributed by atoms with Gasteiger partial charge in [0.25, 0.3) is 0 Å². The number of nitrogens with one attached hydrogen (secondary N) is 1. The molecule has 2 nitrogen and oxygen atoms in total. The Labute approximate surface area is 137 Å². The molecule has 1 unspecified atom stereocenters. The molecule has 0 aliphatic carbocycles. The maximum absolute atomic E-state index is 14.0. The fraction of sp³-hybridized carbons (Fsp3) is 0.312. The first kappa shape index (κ1) is 16.4. The van der Waals surface area contributed by atoms with E-state index in [4.69, 9.17) is 11.6 Å². The SMILES string of the molecule is CCNC(Cc1ccc(Br)cn1)Cc1cccc(Cl)c1F.